The van der Waals surface area contributed by atoms with Gasteiger partial charge >= 0.3 is 0 Å². The van der Waals surface area contributed by atoms with Crippen molar-refractivity contribution in [2.75, 3.05) is 6.61 Å². The molecular weight excluding hydrogens is 264 g/mol. The molecule has 1 aromatic rings. The maximum atomic E-state index is 5.69. The first-order valence-electron chi connectivity index (χ1n) is 5.83. The maximum Gasteiger partial charge on any atom is 0.123 e. The van der Waals surface area contributed by atoms with Gasteiger partial charge in [0, 0.05) is 4.83 Å². The van der Waals surface area contributed by atoms with Crippen LogP contribution in [-0.4, -0.2) is 11.4 Å². The van der Waals surface area contributed by atoms with Crippen LogP contribution in [0.2, 0.25) is 0 Å². The Hall–Kier alpha value is -0.500. The molecular formula is C14H21BrO. The van der Waals surface area contributed by atoms with Crippen LogP contribution in [0.1, 0.15) is 39.7 Å². The second-order valence-electron chi connectivity index (χ2n) is 4.80. The average molecular weight is 285 g/mol. The van der Waals surface area contributed by atoms with Gasteiger partial charge in [0.2, 0.25) is 0 Å². The molecule has 0 heterocycles. The third kappa shape index (κ3) is 3.51. The first-order valence-corrected chi connectivity index (χ1v) is 6.75. The lowest BCUT2D eigenvalue weighted by Gasteiger charge is -2.28. The third-order valence-electron chi connectivity index (χ3n) is 2.71. The molecule has 0 aliphatic heterocycles. The van der Waals surface area contributed by atoms with E-state index in [9.17, 15) is 0 Å². The van der Waals surface area contributed by atoms with Crippen molar-refractivity contribution >= 4 is 15.9 Å². The summed E-state index contributed by atoms with van der Waals surface area (Å²) in [6, 6.07) is 8.33. The Morgan fingerprint density at radius 3 is 2.50 bits per heavy atom. The lowest BCUT2D eigenvalue weighted by Crippen LogP contribution is -2.21. The summed E-state index contributed by atoms with van der Waals surface area (Å²) in [5.74, 6) is 1.02. The molecule has 2 heteroatoms. The van der Waals surface area contributed by atoms with Crippen molar-refractivity contribution in [1.82, 2.24) is 0 Å². The monoisotopic (exact) mass is 284 g/mol. The topological polar surface area (TPSA) is 9.23 Å². The van der Waals surface area contributed by atoms with E-state index < -0.39 is 0 Å². The second kappa shape index (κ2) is 5.72. The van der Waals surface area contributed by atoms with E-state index in [1.54, 1.807) is 0 Å². The van der Waals surface area contributed by atoms with Crippen LogP contribution in [0.4, 0.5) is 0 Å². The Kier molecular flexibility index (Phi) is 4.85. The Morgan fingerprint density at radius 1 is 1.31 bits per heavy atom. The first kappa shape index (κ1) is 13.6. The van der Waals surface area contributed by atoms with Gasteiger partial charge in [0.1, 0.15) is 5.75 Å². The van der Waals surface area contributed by atoms with Crippen molar-refractivity contribution in [3.05, 3.63) is 29.8 Å². The zero-order valence-corrected chi connectivity index (χ0v) is 12.2. The van der Waals surface area contributed by atoms with Gasteiger partial charge in [-0.05, 0) is 30.4 Å². The molecule has 0 bridgehead atoms. The van der Waals surface area contributed by atoms with Crippen molar-refractivity contribution in [1.29, 1.82) is 0 Å². The lowest BCUT2D eigenvalue weighted by atomic mass is 9.80. The van der Waals surface area contributed by atoms with E-state index in [1.165, 1.54) is 5.56 Å². The van der Waals surface area contributed by atoms with Gasteiger partial charge in [-0.25, -0.2) is 0 Å². The number of hydrogen-bond acceptors (Lipinski definition) is 1. The zero-order chi connectivity index (χ0) is 12.2. The molecule has 0 amide bonds. The van der Waals surface area contributed by atoms with E-state index in [-0.39, 0.29) is 5.41 Å². The van der Waals surface area contributed by atoms with Crippen LogP contribution in [0.25, 0.3) is 0 Å². The minimum Gasteiger partial charge on any atom is -0.494 e. The minimum atomic E-state index is 0.134. The quantitative estimate of drug-likeness (QED) is 0.722. The van der Waals surface area contributed by atoms with E-state index >= 15 is 0 Å². The molecule has 0 N–H and O–H groups in total. The molecule has 1 atom stereocenters. The summed E-state index contributed by atoms with van der Waals surface area (Å²) in [6.45, 7) is 9.46. The average Bonchev–Trinajstić information content (AvgIpc) is 2.17. The van der Waals surface area contributed by atoms with Crippen LogP contribution in [-0.2, 0) is 5.41 Å². The predicted octanol–water partition coefficient (Wildman–Crippen LogP) is 4.54. The lowest BCUT2D eigenvalue weighted by molar-refractivity contribution is 0.325. The van der Waals surface area contributed by atoms with Crippen molar-refractivity contribution in [2.45, 2.75) is 44.4 Å². The summed E-state index contributed by atoms with van der Waals surface area (Å²) in [5.41, 5.74) is 1.43. The summed E-state index contributed by atoms with van der Waals surface area (Å²) in [7, 11) is 0. The van der Waals surface area contributed by atoms with Crippen LogP contribution in [0.15, 0.2) is 24.3 Å². The first-order chi connectivity index (χ1) is 7.47. The predicted molar refractivity (Wildman–Crippen MR) is 73.6 cm³/mol. The molecule has 1 nitrogen and oxygen atoms in total. The van der Waals surface area contributed by atoms with Crippen LogP contribution in [0.3, 0.4) is 0 Å². The maximum absolute atomic E-state index is 5.69. The van der Waals surface area contributed by atoms with Crippen molar-refractivity contribution in [2.24, 2.45) is 0 Å². The Bertz CT molecular complexity index is 331. The number of benzene rings is 1. The number of rotatable bonds is 5. The van der Waals surface area contributed by atoms with E-state index in [4.69, 9.17) is 4.74 Å². The molecule has 0 saturated carbocycles. The molecule has 0 aliphatic rings. The molecule has 0 saturated heterocycles. The Morgan fingerprint density at radius 2 is 1.94 bits per heavy atom. The summed E-state index contributed by atoms with van der Waals surface area (Å²) < 4.78 is 5.69. The zero-order valence-electron chi connectivity index (χ0n) is 10.6. The van der Waals surface area contributed by atoms with Crippen molar-refractivity contribution in [3.8, 4) is 5.75 Å². The van der Waals surface area contributed by atoms with Crippen molar-refractivity contribution in [3.63, 3.8) is 0 Å². The smallest absolute Gasteiger partial charge is 0.123 e. The summed E-state index contributed by atoms with van der Waals surface area (Å²) in [6.07, 6.45) is 1.09. The molecule has 1 rings (SSSR count). The fourth-order valence-corrected chi connectivity index (χ4v) is 2.93. The van der Waals surface area contributed by atoms with Gasteiger partial charge in [-0.15, -0.1) is 0 Å². The van der Waals surface area contributed by atoms with Crippen LogP contribution >= 0.6 is 15.9 Å². The van der Waals surface area contributed by atoms with Gasteiger partial charge in [0.05, 0.1) is 6.61 Å². The number of alkyl halides is 1. The van der Waals surface area contributed by atoms with E-state index in [0.29, 0.717) is 4.83 Å². The Labute approximate surface area is 107 Å². The summed E-state index contributed by atoms with van der Waals surface area (Å²) >= 11 is 3.63. The molecule has 16 heavy (non-hydrogen) atoms. The highest BCUT2D eigenvalue weighted by molar-refractivity contribution is 9.09. The molecule has 0 fully saturated rings. The fraction of sp³-hybridized carbons (Fsp3) is 0.571. The number of ether oxygens (including phenoxy) is 1. The molecule has 0 aromatic heterocycles. The summed E-state index contributed by atoms with van der Waals surface area (Å²) in [4.78, 5) is 0.511. The summed E-state index contributed by atoms with van der Waals surface area (Å²) in [5, 5.41) is 0. The van der Waals surface area contributed by atoms with E-state index in [1.807, 2.05) is 13.0 Å². The van der Waals surface area contributed by atoms with E-state index in [0.717, 1.165) is 18.8 Å². The standard InChI is InChI=1S/C14H21BrO/c1-5-16-13-9-7-6-8-12(13)14(3,4)10-11(2)15/h6-9,11H,5,10H2,1-4H3. The number of halogens is 1. The molecule has 1 aromatic carbocycles. The molecule has 90 valence electrons. The second-order valence-corrected chi connectivity index (χ2v) is 6.36. The molecule has 0 radical (unpaired) electrons. The van der Waals surface area contributed by atoms with Crippen LogP contribution in [0, 0.1) is 0 Å². The largest absolute Gasteiger partial charge is 0.494 e. The van der Waals surface area contributed by atoms with Gasteiger partial charge in [-0.2, -0.15) is 0 Å². The molecule has 1 unspecified atom stereocenters. The molecule has 0 spiro atoms. The van der Waals surface area contributed by atoms with Gasteiger partial charge in [0.15, 0.2) is 0 Å². The SMILES string of the molecule is CCOc1ccccc1C(C)(C)CC(C)Br. The molecule has 0 aliphatic carbocycles. The third-order valence-corrected chi connectivity index (χ3v) is 3.03. The normalized spacial score (nSPS) is 13.6. The van der Waals surface area contributed by atoms with Gasteiger partial charge in [0.25, 0.3) is 0 Å². The number of para-hydroxylation sites is 1. The van der Waals surface area contributed by atoms with Crippen LogP contribution < -0.4 is 4.74 Å². The minimum absolute atomic E-state index is 0.134. The highest BCUT2D eigenvalue weighted by atomic mass is 79.9. The van der Waals surface area contributed by atoms with Crippen LogP contribution in [0.5, 0.6) is 5.75 Å². The highest BCUT2D eigenvalue weighted by Crippen LogP contribution is 2.36. The highest BCUT2D eigenvalue weighted by Gasteiger charge is 2.25. The van der Waals surface area contributed by atoms with Gasteiger partial charge < -0.3 is 4.74 Å². The fourth-order valence-electron chi connectivity index (χ4n) is 2.12. The van der Waals surface area contributed by atoms with Gasteiger partial charge in [-0.3, -0.25) is 0 Å². The Balaban J connectivity index is 3.00. The number of hydrogen-bond donors (Lipinski definition) is 0. The van der Waals surface area contributed by atoms with E-state index in [2.05, 4.69) is 54.9 Å². The van der Waals surface area contributed by atoms with Gasteiger partial charge in [-0.1, -0.05) is 54.9 Å². The van der Waals surface area contributed by atoms with Crippen molar-refractivity contribution < 1.29 is 4.74 Å².